The number of nitrogens with two attached hydrogens (primary N) is 1. The van der Waals surface area contributed by atoms with Crippen LogP contribution in [-0.4, -0.2) is 29.9 Å². The first kappa shape index (κ1) is 15.8. The van der Waals surface area contributed by atoms with Gasteiger partial charge in [-0.25, -0.2) is 0 Å². The number of rotatable bonds is 3. The number of amides is 1. The lowest BCUT2D eigenvalue weighted by Crippen LogP contribution is -2.45. The molecule has 0 radical (unpaired) electrons. The molecule has 1 atom stereocenters. The van der Waals surface area contributed by atoms with Crippen LogP contribution in [-0.2, 0) is 4.79 Å². The van der Waals surface area contributed by atoms with Gasteiger partial charge in [0, 0.05) is 25.6 Å². The van der Waals surface area contributed by atoms with E-state index in [9.17, 15) is 4.79 Å². The SMILES string of the molecule is Cl.NC1CCCN(C(=O)CCC2CCCCC2)C1. The quantitative estimate of drug-likeness (QED) is 0.860. The summed E-state index contributed by atoms with van der Waals surface area (Å²) in [7, 11) is 0. The summed E-state index contributed by atoms with van der Waals surface area (Å²) >= 11 is 0. The zero-order valence-corrected chi connectivity index (χ0v) is 12.1. The molecule has 2 aliphatic rings. The Morgan fingerprint density at radius 1 is 1.11 bits per heavy atom. The maximum Gasteiger partial charge on any atom is 0.222 e. The molecule has 1 amide bonds. The summed E-state index contributed by atoms with van der Waals surface area (Å²) in [6.07, 6.45) is 10.8. The first-order chi connectivity index (χ1) is 8.25. The van der Waals surface area contributed by atoms with E-state index in [0.29, 0.717) is 5.91 Å². The van der Waals surface area contributed by atoms with Gasteiger partial charge in [0.2, 0.25) is 5.91 Å². The topological polar surface area (TPSA) is 46.3 Å². The lowest BCUT2D eigenvalue weighted by molar-refractivity contribution is -0.132. The Kier molecular flexibility index (Phi) is 7.02. The van der Waals surface area contributed by atoms with Gasteiger partial charge in [-0.15, -0.1) is 12.4 Å². The molecule has 106 valence electrons. The third kappa shape index (κ3) is 4.77. The van der Waals surface area contributed by atoms with Crippen molar-refractivity contribution in [3.05, 3.63) is 0 Å². The van der Waals surface area contributed by atoms with E-state index in [4.69, 9.17) is 5.73 Å². The van der Waals surface area contributed by atoms with Crippen molar-refractivity contribution in [1.29, 1.82) is 0 Å². The minimum absolute atomic E-state index is 0. The molecule has 1 aliphatic carbocycles. The van der Waals surface area contributed by atoms with E-state index in [2.05, 4.69) is 0 Å². The van der Waals surface area contributed by atoms with E-state index >= 15 is 0 Å². The van der Waals surface area contributed by atoms with E-state index in [-0.39, 0.29) is 18.4 Å². The monoisotopic (exact) mass is 274 g/mol. The average Bonchev–Trinajstić information content (AvgIpc) is 2.37. The molecule has 1 unspecified atom stereocenters. The number of hydrogen-bond donors (Lipinski definition) is 1. The van der Waals surface area contributed by atoms with Gasteiger partial charge in [0.1, 0.15) is 0 Å². The summed E-state index contributed by atoms with van der Waals surface area (Å²) in [5, 5.41) is 0. The molecule has 18 heavy (non-hydrogen) atoms. The normalized spacial score (nSPS) is 25.6. The van der Waals surface area contributed by atoms with E-state index in [1.807, 2.05) is 4.90 Å². The van der Waals surface area contributed by atoms with Crippen LogP contribution in [0.3, 0.4) is 0 Å². The summed E-state index contributed by atoms with van der Waals surface area (Å²) in [5.74, 6) is 1.15. The number of carbonyl (C=O) groups is 1. The lowest BCUT2D eigenvalue weighted by Gasteiger charge is -2.31. The van der Waals surface area contributed by atoms with Crippen LogP contribution >= 0.6 is 12.4 Å². The van der Waals surface area contributed by atoms with Crippen molar-refractivity contribution in [2.24, 2.45) is 11.7 Å². The Morgan fingerprint density at radius 2 is 1.83 bits per heavy atom. The molecule has 3 nitrogen and oxygen atoms in total. The molecule has 2 fully saturated rings. The molecule has 0 aromatic rings. The van der Waals surface area contributed by atoms with E-state index in [0.717, 1.165) is 44.7 Å². The highest BCUT2D eigenvalue weighted by molar-refractivity contribution is 5.85. The number of halogens is 1. The summed E-state index contributed by atoms with van der Waals surface area (Å²) < 4.78 is 0. The molecule has 0 aromatic carbocycles. The second-order valence-electron chi connectivity index (χ2n) is 5.78. The fourth-order valence-electron chi connectivity index (χ4n) is 3.20. The Labute approximate surface area is 117 Å². The van der Waals surface area contributed by atoms with Gasteiger partial charge in [-0.05, 0) is 25.2 Å². The van der Waals surface area contributed by atoms with Crippen LogP contribution in [0.4, 0.5) is 0 Å². The minimum Gasteiger partial charge on any atom is -0.341 e. The van der Waals surface area contributed by atoms with Crippen molar-refractivity contribution in [1.82, 2.24) is 4.90 Å². The molecule has 0 aromatic heterocycles. The first-order valence-electron chi connectivity index (χ1n) is 7.29. The molecular formula is C14H27ClN2O. The zero-order valence-electron chi connectivity index (χ0n) is 11.3. The number of nitrogens with zero attached hydrogens (tertiary/aromatic N) is 1. The van der Waals surface area contributed by atoms with E-state index in [1.165, 1.54) is 32.1 Å². The number of piperidine rings is 1. The van der Waals surface area contributed by atoms with Crippen molar-refractivity contribution in [2.75, 3.05) is 13.1 Å². The molecule has 4 heteroatoms. The summed E-state index contributed by atoms with van der Waals surface area (Å²) in [6, 6.07) is 0.211. The summed E-state index contributed by atoms with van der Waals surface area (Å²) in [5.41, 5.74) is 5.91. The average molecular weight is 275 g/mol. The predicted octanol–water partition coefficient (Wildman–Crippen LogP) is 2.72. The van der Waals surface area contributed by atoms with Crippen LogP contribution in [0, 0.1) is 5.92 Å². The van der Waals surface area contributed by atoms with Crippen molar-refractivity contribution < 1.29 is 4.79 Å². The first-order valence-corrected chi connectivity index (χ1v) is 7.29. The Morgan fingerprint density at radius 3 is 2.50 bits per heavy atom. The minimum atomic E-state index is 0. The number of hydrogen-bond acceptors (Lipinski definition) is 2. The van der Waals surface area contributed by atoms with Crippen molar-refractivity contribution in [3.8, 4) is 0 Å². The van der Waals surface area contributed by atoms with Gasteiger partial charge < -0.3 is 10.6 Å². The highest BCUT2D eigenvalue weighted by atomic mass is 35.5. The van der Waals surface area contributed by atoms with Crippen LogP contribution < -0.4 is 5.73 Å². The van der Waals surface area contributed by atoms with Gasteiger partial charge in [-0.1, -0.05) is 32.1 Å². The maximum absolute atomic E-state index is 12.1. The molecule has 0 spiro atoms. The third-order valence-electron chi connectivity index (χ3n) is 4.30. The fraction of sp³-hybridized carbons (Fsp3) is 0.929. The lowest BCUT2D eigenvalue weighted by atomic mass is 9.86. The molecule has 1 aliphatic heterocycles. The van der Waals surface area contributed by atoms with Crippen LogP contribution in [0.25, 0.3) is 0 Å². The Balaban J connectivity index is 0.00000162. The molecule has 0 bridgehead atoms. The molecule has 2 N–H and O–H groups in total. The summed E-state index contributed by atoms with van der Waals surface area (Å²) in [6.45, 7) is 1.71. The molecule has 1 saturated carbocycles. The van der Waals surface area contributed by atoms with Gasteiger partial charge >= 0.3 is 0 Å². The smallest absolute Gasteiger partial charge is 0.222 e. The second kappa shape index (κ2) is 8.00. The Hall–Kier alpha value is -0.280. The molecule has 1 saturated heterocycles. The Bertz CT molecular complexity index is 254. The standard InChI is InChI=1S/C14H26N2O.ClH/c15-13-7-4-10-16(11-13)14(17)9-8-12-5-2-1-3-6-12;/h12-13H,1-11,15H2;1H. The maximum atomic E-state index is 12.1. The van der Waals surface area contributed by atoms with Gasteiger partial charge in [-0.2, -0.15) is 0 Å². The summed E-state index contributed by atoms with van der Waals surface area (Å²) in [4.78, 5) is 14.0. The molecular weight excluding hydrogens is 248 g/mol. The molecule has 2 rings (SSSR count). The van der Waals surface area contributed by atoms with Crippen molar-refractivity contribution in [3.63, 3.8) is 0 Å². The van der Waals surface area contributed by atoms with Crippen molar-refractivity contribution >= 4 is 18.3 Å². The van der Waals surface area contributed by atoms with Crippen LogP contribution in [0.15, 0.2) is 0 Å². The highest BCUT2D eigenvalue weighted by Crippen LogP contribution is 2.27. The zero-order chi connectivity index (χ0) is 12.1. The van der Waals surface area contributed by atoms with Gasteiger partial charge in [0.15, 0.2) is 0 Å². The van der Waals surface area contributed by atoms with Gasteiger partial charge in [0.05, 0.1) is 0 Å². The third-order valence-corrected chi connectivity index (χ3v) is 4.30. The largest absolute Gasteiger partial charge is 0.341 e. The number of carbonyl (C=O) groups excluding carboxylic acids is 1. The molecule has 1 heterocycles. The fourth-order valence-corrected chi connectivity index (χ4v) is 3.20. The van der Waals surface area contributed by atoms with E-state index < -0.39 is 0 Å². The van der Waals surface area contributed by atoms with E-state index in [1.54, 1.807) is 0 Å². The van der Waals surface area contributed by atoms with Crippen LogP contribution in [0.2, 0.25) is 0 Å². The van der Waals surface area contributed by atoms with Crippen molar-refractivity contribution in [2.45, 2.75) is 63.8 Å². The second-order valence-corrected chi connectivity index (χ2v) is 5.78. The van der Waals surface area contributed by atoms with Crippen LogP contribution in [0.5, 0.6) is 0 Å². The van der Waals surface area contributed by atoms with Crippen LogP contribution in [0.1, 0.15) is 57.8 Å². The highest BCUT2D eigenvalue weighted by Gasteiger charge is 2.22. The predicted molar refractivity (Wildman–Crippen MR) is 76.8 cm³/mol. The number of likely N-dealkylation sites (tertiary alicyclic amines) is 1. The van der Waals surface area contributed by atoms with Gasteiger partial charge in [-0.3, -0.25) is 4.79 Å². The van der Waals surface area contributed by atoms with Gasteiger partial charge in [0.25, 0.3) is 0 Å².